The third-order valence-electron chi connectivity index (χ3n) is 5.18. The summed E-state index contributed by atoms with van der Waals surface area (Å²) in [4.78, 5) is 8.67. The van der Waals surface area contributed by atoms with E-state index in [1.165, 1.54) is 12.1 Å². The van der Waals surface area contributed by atoms with Gasteiger partial charge in [-0.15, -0.1) is 24.0 Å². The number of alkyl halides is 3. The minimum absolute atomic E-state index is 0. The molecule has 2 heterocycles. The highest BCUT2D eigenvalue weighted by molar-refractivity contribution is 14.0. The molecule has 30 heavy (non-hydrogen) atoms. The van der Waals surface area contributed by atoms with Crippen LogP contribution < -0.4 is 10.6 Å². The van der Waals surface area contributed by atoms with E-state index in [1.807, 2.05) is 18.5 Å². The molecule has 0 amide bonds. The molecule has 0 bridgehead atoms. The Morgan fingerprint density at radius 1 is 1.37 bits per heavy atom. The number of rotatable bonds is 5. The van der Waals surface area contributed by atoms with Crippen molar-refractivity contribution < 1.29 is 13.2 Å². The number of nitrogens with one attached hydrogen (secondary N) is 2. The Balaban J connectivity index is 0.00000320. The second-order valence-corrected chi connectivity index (χ2v) is 7.45. The Labute approximate surface area is 191 Å². The van der Waals surface area contributed by atoms with E-state index in [0.29, 0.717) is 24.5 Å². The van der Waals surface area contributed by atoms with Gasteiger partial charge >= 0.3 is 6.18 Å². The van der Waals surface area contributed by atoms with Gasteiger partial charge in [-0.25, -0.2) is 9.67 Å². The molecule has 1 aliphatic rings. The number of aryl methyl sites for hydroxylation is 2. The molecule has 2 aromatic rings. The SMILES string of the molecule is CN=C(NCCC(C)c1cccc(C(F)(F)F)c1)NC1CCc2nc(C)nn2C1.I. The minimum atomic E-state index is -4.32. The Kier molecular flexibility index (Phi) is 8.51. The number of nitrogens with zero attached hydrogens (tertiary/aromatic N) is 4. The maximum atomic E-state index is 12.9. The molecule has 2 N–H and O–H groups in total. The molecule has 10 heteroatoms. The van der Waals surface area contributed by atoms with Gasteiger partial charge in [0.05, 0.1) is 12.1 Å². The van der Waals surface area contributed by atoms with Crippen LogP contribution in [0, 0.1) is 6.92 Å². The largest absolute Gasteiger partial charge is 0.416 e. The highest BCUT2D eigenvalue weighted by Gasteiger charge is 2.30. The molecule has 1 aliphatic heterocycles. The maximum Gasteiger partial charge on any atom is 0.416 e. The summed E-state index contributed by atoms with van der Waals surface area (Å²) in [5.74, 6) is 2.48. The first kappa shape index (κ1) is 24.4. The molecule has 0 aliphatic carbocycles. The molecule has 6 nitrogen and oxygen atoms in total. The van der Waals surface area contributed by atoms with Gasteiger partial charge in [-0.05, 0) is 37.3 Å². The van der Waals surface area contributed by atoms with E-state index < -0.39 is 11.7 Å². The van der Waals surface area contributed by atoms with E-state index in [1.54, 1.807) is 13.1 Å². The Bertz CT molecular complexity index is 864. The summed E-state index contributed by atoms with van der Waals surface area (Å²) in [6, 6.07) is 5.75. The first-order valence-corrected chi connectivity index (χ1v) is 9.81. The number of benzene rings is 1. The highest BCUT2D eigenvalue weighted by Crippen LogP contribution is 2.31. The first-order chi connectivity index (χ1) is 13.8. The van der Waals surface area contributed by atoms with Gasteiger partial charge in [-0.2, -0.15) is 18.3 Å². The normalized spacial score (nSPS) is 17.7. The topological polar surface area (TPSA) is 67.1 Å². The predicted octanol–water partition coefficient (Wildman–Crippen LogP) is 3.90. The summed E-state index contributed by atoms with van der Waals surface area (Å²) in [6.07, 6.45) is -1.82. The minimum Gasteiger partial charge on any atom is -0.356 e. The number of halogens is 4. The van der Waals surface area contributed by atoms with Gasteiger partial charge in [0.25, 0.3) is 0 Å². The number of hydrogen-bond acceptors (Lipinski definition) is 3. The fourth-order valence-electron chi connectivity index (χ4n) is 3.53. The Morgan fingerprint density at radius 3 is 2.83 bits per heavy atom. The van der Waals surface area contributed by atoms with E-state index in [0.717, 1.165) is 37.1 Å². The van der Waals surface area contributed by atoms with E-state index >= 15 is 0 Å². The fraction of sp³-hybridized carbons (Fsp3) is 0.550. The molecule has 2 atom stereocenters. The molecule has 0 radical (unpaired) electrons. The maximum absolute atomic E-state index is 12.9. The molecule has 0 spiro atoms. The lowest BCUT2D eigenvalue weighted by atomic mass is 9.96. The lowest BCUT2D eigenvalue weighted by molar-refractivity contribution is -0.137. The summed E-state index contributed by atoms with van der Waals surface area (Å²) < 4.78 is 40.6. The van der Waals surface area contributed by atoms with Crippen molar-refractivity contribution in [3.8, 4) is 0 Å². The third kappa shape index (κ3) is 6.32. The van der Waals surface area contributed by atoms with Crippen molar-refractivity contribution in [1.29, 1.82) is 0 Å². The molecule has 0 saturated carbocycles. The summed E-state index contributed by atoms with van der Waals surface area (Å²) in [6.45, 7) is 5.16. The van der Waals surface area contributed by atoms with Gasteiger partial charge in [-0.3, -0.25) is 4.99 Å². The van der Waals surface area contributed by atoms with Gasteiger partial charge in [0.1, 0.15) is 11.6 Å². The molecule has 1 aromatic heterocycles. The number of aliphatic imine (C=N–C) groups is 1. The average Bonchev–Trinajstić information content (AvgIpc) is 3.05. The van der Waals surface area contributed by atoms with Gasteiger partial charge in [0, 0.05) is 26.1 Å². The molecule has 3 rings (SSSR count). The van der Waals surface area contributed by atoms with Crippen LogP contribution in [0.25, 0.3) is 0 Å². The smallest absolute Gasteiger partial charge is 0.356 e. The summed E-state index contributed by atoms with van der Waals surface area (Å²) >= 11 is 0. The number of fused-ring (bicyclic) bond motifs is 1. The second kappa shape index (κ2) is 10.5. The van der Waals surface area contributed by atoms with E-state index in [-0.39, 0.29) is 35.9 Å². The fourth-order valence-corrected chi connectivity index (χ4v) is 3.53. The molecule has 1 aromatic carbocycles. The molecule has 2 unspecified atom stereocenters. The Hall–Kier alpha value is -1.85. The molecular formula is C20H28F3IN6. The molecule has 166 valence electrons. The van der Waals surface area contributed by atoms with Gasteiger partial charge < -0.3 is 10.6 Å². The first-order valence-electron chi connectivity index (χ1n) is 9.81. The van der Waals surface area contributed by atoms with Crippen LogP contribution in [0.4, 0.5) is 13.2 Å². The number of guanidine groups is 1. The monoisotopic (exact) mass is 536 g/mol. The lowest BCUT2D eigenvalue weighted by Crippen LogP contribution is -2.47. The molecule has 0 saturated heterocycles. The summed E-state index contributed by atoms with van der Waals surface area (Å²) in [5.41, 5.74) is 0.0817. The van der Waals surface area contributed by atoms with Crippen LogP contribution in [0.1, 0.15) is 48.5 Å². The number of hydrogen-bond donors (Lipinski definition) is 2. The van der Waals surface area contributed by atoms with Crippen molar-refractivity contribution in [3.05, 3.63) is 47.0 Å². The van der Waals surface area contributed by atoms with E-state index in [2.05, 4.69) is 25.7 Å². The van der Waals surface area contributed by atoms with E-state index in [9.17, 15) is 13.2 Å². The standard InChI is InChI=1S/C20H27F3N6.HI/c1-13(15-5-4-6-16(11-15)20(21,22)23)9-10-25-19(24-3)27-17-7-8-18-26-14(2)28-29(18)12-17;/h4-6,11,13,17H,7-10,12H2,1-3H3,(H2,24,25,27);1H. The van der Waals surface area contributed by atoms with Gasteiger partial charge in [0.15, 0.2) is 5.96 Å². The quantitative estimate of drug-likeness (QED) is 0.346. The average molecular weight is 536 g/mol. The predicted molar refractivity (Wildman–Crippen MR) is 121 cm³/mol. The van der Waals surface area contributed by atoms with Crippen LogP contribution in [0.5, 0.6) is 0 Å². The van der Waals surface area contributed by atoms with Crippen molar-refractivity contribution in [1.82, 2.24) is 25.4 Å². The van der Waals surface area contributed by atoms with Crippen molar-refractivity contribution in [2.75, 3.05) is 13.6 Å². The van der Waals surface area contributed by atoms with Crippen molar-refractivity contribution in [2.24, 2.45) is 4.99 Å². The zero-order chi connectivity index (χ0) is 21.0. The van der Waals surface area contributed by atoms with Crippen molar-refractivity contribution in [2.45, 2.75) is 57.8 Å². The van der Waals surface area contributed by atoms with Crippen LogP contribution in [0.15, 0.2) is 29.3 Å². The molecule has 0 fully saturated rings. The van der Waals surface area contributed by atoms with Crippen LogP contribution in [-0.2, 0) is 19.1 Å². The van der Waals surface area contributed by atoms with Gasteiger partial charge in [0.2, 0.25) is 0 Å². The van der Waals surface area contributed by atoms with Crippen LogP contribution >= 0.6 is 24.0 Å². The van der Waals surface area contributed by atoms with Gasteiger partial charge in [-0.1, -0.05) is 25.1 Å². The highest BCUT2D eigenvalue weighted by atomic mass is 127. The second-order valence-electron chi connectivity index (χ2n) is 7.45. The van der Waals surface area contributed by atoms with E-state index in [4.69, 9.17) is 0 Å². The lowest BCUT2D eigenvalue weighted by Gasteiger charge is -2.25. The zero-order valence-corrected chi connectivity index (χ0v) is 19.7. The van der Waals surface area contributed by atoms with Crippen LogP contribution in [0.3, 0.4) is 0 Å². The summed E-state index contributed by atoms with van der Waals surface area (Å²) in [7, 11) is 1.71. The van der Waals surface area contributed by atoms with Crippen molar-refractivity contribution in [3.63, 3.8) is 0 Å². The van der Waals surface area contributed by atoms with Crippen LogP contribution in [-0.4, -0.2) is 40.4 Å². The van der Waals surface area contributed by atoms with Crippen molar-refractivity contribution >= 4 is 29.9 Å². The molecular weight excluding hydrogens is 508 g/mol. The van der Waals surface area contributed by atoms with Crippen LogP contribution in [0.2, 0.25) is 0 Å². The number of aromatic nitrogens is 3. The summed E-state index contributed by atoms with van der Waals surface area (Å²) in [5, 5.41) is 11.1. The zero-order valence-electron chi connectivity index (χ0n) is 17.3. The third-order valence-corrected chi connectivity index (χ3v) is 5.18. The Morgan fingerprint density at radius 2 is 2.13 bits per heavy atom.